The van der Waals surface area contributed by atoms with Crippen LogP contribution in [0.2, 0.25) is 0 Å². The number of nitrogens with zero attached hydrogens (tertiary/aromatic N) is 2. The summed E-state index contributed by atoms with van der Waals surface area (Å²) < 4.78 is 0. The molecule has 1 aromatic rings. The molecule has 8 heteroatoms. The van der Waals surface area contributed by atoms with Crippen LogP contribution in [-0.4, -0.2) is 65.6 Å². The van der Waals surface area contributed by atoms with Crippen molar-refractivity contribution < 1.29 is 19.2 Å². The van der Waals surface area contributed by atoms with E-state index in [4.69, 9.17) is 0 Å². The molecule has 3 aliphatic rings. The summed E-state index contributed by atoms with van der Waals surface area (Å²) in [5, 5.41) is 5.57. The maximum Gasteiger partial charge on any atom is 0.262 e. The molecule has 2 saturated heterocycles. The molecule has 0 spiro atoms. The number of amides is 4. The van der Waals surface area contributed by atoms with Gasteiger partial charge in [-0.3, -0.25) is 34.3 Å². The molecular weight excluding hydrogens is 372 g/mol. The Labute approximate surface area is 169 Å². The van der Waals surface area contributed by atoms with E-state index in [0.717, 1.165) is 49.4 Å². The van der Waals surface area contributed by atoms with Gasteiger partial charge in [0.15, 0.2) is 0 Å². The van der Waals surface area contributed by atoms with Gasteiger partial charge in [0.2, 0.25) is 11.8 Å². The van der Waals surface area contributed by atoms with E-state index in [0.29, 0.717) is 17.2 Å². The lowest BCUT2D eigenvalue weighted by Crippen LogP contribution is -2.54. The number of rotatable bonds is 4. The fourth-order valence-corrected chi connectivity index (χ4v) is 4.48. The standard InChI is InChI=1S/C21H26N4O4/c1-22-14-3-2-9-24(10-8-14)12-13-4-5-15-16(11-13)21(29)25(20(15)28)17-6-7-18(26)23-19(17)27/h4-5,11,14,17,22H,2-3,6-10,12H2,1H3,(H,23,26,27). The number of benzene rings is 1. The lowest BCUT2D eigenvalue weighted by molar-refractivity contribution is -0.136. The van der Waals surface area contributed by atoms with E-state index in [9.17, 15) is 19.2 Å². The lowest BCUT2D eigenvalue weighted by Gasteiger charge is -2.27. The van der Waals surface area contributed by atoms with Crippen molar-refractivity contribution in [2.75, 3.05) is 20.1 Å². The topological polar surface area (TPSA) is 98.8 Å². The van der Waals surface area contributed by atoms with Crippen molar-refractivity contribution in [1.29, 1.82) is 0 Å². The number of carbonyl (C=O) groups is 4. The van der Waals surface area contributed by atoms with Crippen molar-refractivity contribution >= 4 is 23.6 Å². The Morgan fingerprint density at radius 3 is 2.59 bits per heavy atom. The Morgan fingerprint density at radius 2 is 1.83 bits per heavy atom. The Hall–Kier alpha value is -2.58. The summed E-state index contributed by atoms with van der Waals surface area (Å²) in [6, 6.07) is 4.97. The number of likely N-dealkylation sites (tertiary alicyclic amines) is 1. The molecule has 0 saturated carbocycles. The van der Waals surface area contributed by atoms with Gasteiger partial charge >= 0.3 is 0 Å². The van der Waals surface area contributed by atoms with Gasteiger partial charge < -0.3 is 5.32 Å². The molecular formula is C21H26N4O4. The van der Waals surface area contributed by atoms with Crippen LogP contribution < -0.4 is 10.6 Å². The Morgan fingerprint density at radius 1 is 1.03 bits per heavy atom. The van der Waals surface area contributed by atoms with Crippen LogP contribution in [0.3, 0.4) is 0 Å². The van der Waals surface area contributed by atoms with E-state index in [2.05, 4.69) is 15.5 Å². The fraction of sp³-hybridized carbons (Fsp3) is 0.524. The van der Waals surface area contributed by atoms with Crippen LogP contribution in [-0.2, 0) is 16.1 Å². The average Bonchev–Trinajstić information content (AvgIpc) is 2.85. The van der Waals surface area contributed by atoms with Crippen LogP contribution in [0.15, 0.2) is 18.2 Å². The molecule has 154 valence electrons. The molecule has 4 amide bonds. The minimum absolute atomic E-state index is 0.123. The summed E-state index contributed by atoms with van der Waals surface area (Å²) in [6.07, 6.45) is 3.66. The second-order valence-corrected chi connectivity index (χ2v) is 8.02. The maximum absolute atomic E-state index is 12.9. The first kappa shape index (κ1) is 19.7. The normalized spacial score (nSPS) is 25.8. The van der Waals surface area contributed by atoms with Gasteiger partial charge in [0.25, 0.3) is 11.8 Å². The third kappa shape index (κ3) is 3.82. The van der Waals surface area contributed by atoms with Crippen molar-refractivity contribution in [3.05, 3.63) is 34.9 Å². The quantitative estimate of drug-likeness (QED) is 0.723. The van der Waals surface area contributed by atoms with Crippen molar-refractivity contribution in [3.8, 4) is 0 Å². The summed E-state index contributed by atoms with van der Waals surface area (Å²) in [7, 11) is 2.00. The van der Waals surface area contributed by atoms with Gasteiger partial charge in [-0.2, -0.15) is 0 Å². The van der Waals surface area contributed by atoms with Crippen LogP contribution in [0, 0.1) is 0 Å². The van der Waals surface area contributed by atoms with Crippen LogP contribution >= 0.6 is 0 Å². The van der Waals surface area contributed by atoms with Gasteiger partial charge in [-0.25, -0.2) is 0 Å². The van der Waals surface area contributed by atoms with E-state index in [-0.39, 0.29) is 18.7 Å². The first-order valence-electron chi connectivity index (χ1n) is 10.2. The van der Waals surface area contributed by atoms with Crippen molar-refractivity contribution in [1.82, 2.24) is 20.4 Å². The van der Waals surface area contributed by atoms with E-state index in [1.54, 1.807) is 12.1 Å². The summed E-state index contributed by atoms with van der Waals surface area (Å²) in [4.78, 5) is 52.6. The zero-order valence-corrected chi connectivity index (χ0v) is 16.6. The second-order valence-electron chi connectivity index (χ2n) is 8.02. The number of carbonyl (C=O) groups excluding carboxylic acids is 4. The minimum Gasteiger partial charge on any atom is -0.317 e. The third-order valence-electron chi connectivity index (χ3n) is 6.14. The number of nitrogens with one attached hydrogen (secondary N) is 2. The number of hydrogen-bond acceptors (Lipinski definition) is 6. The molecule has 3 aliphatic heterocycles. The molecule has 2 N–H and O–H groups in total. The number of imide groups is 2. The van der Waals surface area contributed by atoms with Crippen LogP contribution in [0.25, 0.3) is 0 Å². The first-order valence-corrected chi connectivity index (χ1v) is 10.2. The number of piperidine rings is 1. The van der Waals surface area contributed by atoms with E-state index < -0.39 is 23.8 Å². The Kier molecular flexibility index (Phi) is 5.47. The van der Waals surface area contributed by atoms with E-state index in [1.165, 1.54) is 0 Å². The summed E-state index contributed by atoms with van der Waals surface area (Å²) in [5.74, 6) is -1.87. The molecule has 0 aromatic heterocycles. The van der Waals surface area contributed by atoms with Crippen LogP contribution in [0.4, 0.5) is 0 Å². The van der Waals surface area contributed by atoms with Crippen molar-refractivity contribution in [2.24, 2.45) is 0 Å². The highest BCUT2D eigenvalue weighted by Gasteiger charge is 2.44. The molecule has 29 heavy (non-hydrogen) atoms. The Balaban J connectivity index is 1.50. The van der Waals surface area contributed by atoms with Gasteiger partial charge in [-0.15, -0.1) is 0 Å². The predicted octanol–water partition coefficient (Wildman–Crippen LogP) is 0.662. The van der Waals surface area contributed by atoms with Gasteiger partial charge in [-0.1, -0.05) is 6.07 Å². The fourth-order valence-electron chi connectivity index (χ4n) is 4.48. The maximum atomic E-state index is 12.9. The van der Waals surface area contributed by atoms with Crippen molar-refractivity contribution in [2.45, 2.75) is 50.7 Å². The summed E-state index contributed by atoms with van der Waals surface area (Å²) in [5.41, 5.74) is 1.66. The average molecular weight is 398 g/mol. The van der Waals surface area contributed by atoms with Gasteiger partial charge in [-0.05, 0) is 63.5 Å². The molecule has 2 fully saturated rings. The number of fused-ring (bicyclic) bond motifs is 1. The highest BCUT2D eigenvalue weighted by Crippen LogP contribution is 2.28. The lowest BCUT2D eigenvalue weighted by atomic mass is 10.0. The molecule has 3 heterocycles. The molecule has 1 aromatic carbocycles. The molecule has 0 radical (unpaired) electrons. The van der Waals surface area contributed by atoms with Gasteiger partial charge in [0.1, 0.15) is 6.04 Å². The van der Waals surface area contributed by atoms with Gasteiger partial charge in [0.05, 0.1) is 11.1 Å². The van der Waals surface area contributed by atoms with Crippen LogP contribution in [0.5, 0.6) is 0 Å². The number of hydrogen-bond donors (Lipinski definition) is 2. The zero-order chi connectivity index (χ0) is 20.5. The molecule has 0 aliphatic carbocycles. The summed E-state index contributed by atoms with van der Waals surface area (Å²) in [6.45, 7) is 2.71. The molecule has 2 atom stereocenters. The third-order valence-corrected chi connectivity index (χ3v) is 6.14. The molecule has 8 nitrogen and oxygen atoms in total. The predicted molar refractivity (Wildman–Crippen MR) is 105 cm³/mol. The molecule has 0 bridgehead atoms. The zero-order valence-electron chi connectivity index (χ0n) is 16.6. The smallest absolute Gasteiger partial charge is 0.262 e. The molecule has 2 unspecified atom stereocenters. The monoisotopic (exact) mass is 398 g/mol. The van der Waals surface area contributed by atoms with E-state index in [1.807, 2.05) is 13.1 Å². The SMILES string of the molecule is CNC1CCCN(Cc2ccc3c(c2)C(=O)N(C2CCC(=O)NC2=O)C3=O)CC1. The van der Waals surface area contributed by atoms with Crippen molar-refractivity contribution in [3.63, 3.8) is 0 Å². The second kappa shape index (κ2) is 8.04. The Bertz CT molecular complexity index is 868. The first-order chi connectivity index (χ1) is 14.0. The van der Waals surface area contributed by atoms with Gasteiger partial charge in [0, 0.05) is 19.0 Å². The highest BCUT2D eigenvalue weighted by atomic mass is 16.2. The highest BCUT2D eigenvalue weighted by molar-refractivity contribution is 6.23. The largest absolute Gasteiger partial charge is 0.317 e. The molecule has 4 rings (SSSR count). The minimum atomic E-state index is -0.923. The summed E-state index contributed by atoms with van der Waals surface area (Å²) >= 11 is 0. The van der Waals surface area contributed by atoms with Crippen LogP contribution in [0.1, 0.15) is 58.4 Å². The van der Waals surface area contributed by atoms with E-state index >= 15 is 0 Å².